The van der Waals surface area contributed by atoms with Crippen LogP contribution in [-0.2, 0) is 0 Å². The molecule has 0 bridgehead atoms. The lowest BCUT2D eigenvalue weighted by Crippen LogP contribution is -2.49. The molecule has 22 heavy (non-hydrogen) atoms. The molecule has 4 heteroatoms. The first kappa shape index (κ1) is 17.1. The molecule has 0 aliphatic carbocycles. The molecule has 1 aromatic rings. The molecular weight excluding hydrogens is 276 g/mol. The van der Waals surface area contributed by atoms with E-state index in [1.54, 1.807) is 7.11 Å². The summed E-state index contributed by atoms with van der Waals surface area (Å²) in [7, 11) is 1.69. The minimum atomic E-state index is -0.632. The highest BCUT2D eigenvalue weighted by Gasteiger charge is 2.27. The number of hydrogen-bond acceptors (Lipinski definition) is 4. The van der Waals surface area contributed by atoms with Gasteiger partial charge in [-0.15, -0.1) is 0 Å². The monoisotopic (exact) mass is 306 g/mol. The van der Waals surface area contributed by atoms with Gasteiger partial charge in [-0.1, -0.05) is 13.8 Å². The number of piperidine rings is 1. The minimum absolute atomic E-state index is 0.263. The van der Waals surface area contributed by atoms with Crippen LogP contribution in [0.15, 0.2) is 24.3 Å². The fourth-order valence-corrected chi connectivity index (χ4v) is 2.69. The standard InChI is InChI=1S/C18H30N2O2/c1-14(2)18(3,21)13-19-15-9-11-20(12-10-15)16-5-7-17(22-4)8-6-16/h5-8,14-15,19,21H,9-13H2,1-4H3. The predicted octanol–water partition coefficient (Wildman–Crippen LogP) is 2.66. The van der Waals surface area contributed by atoms with E-state index < -0.39 is 5.60 Å². The molecule has 0 amide bonds. The summed E-state index contributed by atoms with van der Waals surface area (Å²) in [6, 6.07) is 8.77. The molecule has 0 saturated carbocycles. The van der Waals surface area contributed by atoms with Crippen molar-refractivity contribution in [2.75, 3.05) is 31.6 Å². The van der Waals surface area contributed by atoms with Crippen LogP contribution in [0, 0.1) is 5.92 Å². The maximum Gasteiger partial charge on any atom is 0.119 e. The summed E-state index contributed by atoms with van der Waals surface area (Å²) in [5.74, 6) is 1.16. The van der Waals surface area contributed by atoms with Crippen molar-refractivity contribution in [3.05, 3.63) is 24.3 Å². The maximum absolute atomic E-state index is 10.3. The Kier molecular flexibility index (Phi) is 5.70. The normalized spacial score (nSPS) is 19.3. The van der Waals surface area contributed by atoms with Crippen molar-refractivity contribution in [2.45, 2.75) is 45.3 Å². The summed E-state index contributed by atoms with van der Waals surface area (Å²) >= 11 is 0. The van der Waals surface area contributed by atoms with Crippen LogP contribution in [0.2, 0.25) is 0 Å². The average Bonchev–Trinajstić information content (AvgIpc) is 2.53. The van der Waals surface area contributed by atoms with Crippen LogP contribution in [0.25, 0.3) is 0 Å². The van der Waals surface area contributed by atoms with Crippen LogP contribution in [0.4, 0.5) is 5.69 Å². The molecule has 1 aliphatic rings. The van der Waals surface area contributed by atoms with Gasteiger partial charge in [0.25, 0.3) is 0 Å². The quantitative estimate of drug-likeness (QED) is 0.848. The van der Waals surface area contributed by atoms with Crippen LogP contribution in [0.3, 0.4) is 0 Å². The van der Waals surface area contributed by atoms with Crippen molar-refractivity contribution in [1.82, 2.24) is 5.32 Å². The highest BCUT2D eigenvalue weighted by atomic mass is 16.5. The van der Waals surface area contributed by atoms with E-state index in [0.29, 0.717) is 12.6 Å². The molecule has 2 rings (SSSR count). The Labute approximate surface area is 134 Å². The largest absolute Gasteiger partial charge is 0.497 e. The molecule has 124 valence electrons. The van der Waals surface area contributed by atoms with Crippen LogP contribution >= 0.6 is 0 Å². The summed E-state index contributed by atoms with van der Waals surface area (Å²) in [4.78, 5) is 2.41. The Morgan fingerprint density at radius 3 is 2.36 bits per heavy atom. The lowest BCUT2D eigenvalue weighted by molar-refractivity contribution is 0.0111. The Morgan fingerprint density at radius 2 is 1.86 bits per heavy atom. The van der Waals surface area contributed by atoms with Gasteiger partial charge >= 0.3 is 0 Å². The number of anilines is 1. The second-order valence-electron chi connectivity index (χ2n) is 6.85. The van der Waals surface area contributed by atoms with Gasteiger partial charge in [0.15, 0.2) is 0 Å². The fraction of sp³-hybridized carbons (Fsp3) is 0.667. The summed E-state index contributed by atoms with van der Waals surface area (Å²) in [5, 5.41) is 13.9. The predicted molar refractivity (Wildman–Crippen MR) is 91.7 cm³/mol. The lowest BCUT2D eigenvalue weighted by atomic mass is 9.92. The van der Waals surface area contributed by atoms with E-state index in [1.807, 2.05) is 19.1 Å². The zero-order chi connectivity index (χ0) is 16.2. The van der Waals surface area contributed by atoms with Crippen LogP contribution in [0.5, 0.6) is 5.75 Å². The Bertz CT molecular complexity index is 449. The van der Waals surface area contributed by atoms with E-state index in [-0.39, 0.29) is 5.92 Å². The number of methoxy groups -OCH3 is 1. The van der Waals surface area contributed by atoms with E-state index in [1.165, 1.54) is 5.69 Å². The molecule has 1 aromatic carbocycles. The highest BCUT2D eigenvalue weighted by Crippen LogP contribution is 2.23. The van der Waals surface area contributed by atoms with Crippen molar-refractivity contribution in [3.8, 4) is 5.75 Å². The van der Waals surface area contributed by atoms with E-state index in [2.05, 4.69) is 36.2 Å². The minimum Gasteiger partial charge on any atom is -0.497 e. The summed E-state index contributed by atoms with van der Waals surface area (Å²) in [6.45, 7) is 8.80. The van der Waals surface area contributed by atoms with E-state index in [4.69, 9.17) is 4.74 Å². The van der Waals surface area contributed by atoms with Gasteiger partial charge in [-0.2, -0.15) is 0 Å². The van der Waals surface area contributed by atoms with Gasteiger partial charge in [-0.05, 0) is 49.9 Å². The first-order valence-corrected chi connectivity index (χ1v) is 8.27. The number of hydrogen-bond donors (Lipinski definition) is 2. The Balaban J connectivity index is 1.80. The summed E-state index contributed by atoms with van der Waals surface area (Å²) in [5.41, 5.74) is 0.626. The Hall–Kier alpha value is -1.26. The third kappa shape index (κ3) is 4.37. The number of nitrogens with zero attached hydrogens (tertiary/aromatic N) is 1. The third-order valence-corrected chi connectivity index (χ3v) is 4.92. The fourth-order valence-electron chi connectivity index (χ4n) is 2.69. The third-order valence-electron chi connectivity index (χ3n) is 4.92. The number of ether oxygens (including phenoxy) is 1. The summed E-state index contributed by atoms with van der Waals surface area (Å²) < 4.78 is 5.20. The molecule has 1 heterocycles. The molecule has 2 N–H and O–H groups in total. The van der Waals surface area contributed by atoms with Gasteiger partial charge in [-0.25, -0.2) is 0 Å². The second-order valence-corrected chi connectivity index (χ2v) is 6.85. The van der Waals surface area contributed by atoms with Crippen molar-refractivity contribution in [3.63, 3.8) is 0 Å². The van der Waals surface area contributed by atoms with Crippen molar-refractivity contribution in [2.24, 2.45) is 5.92 Å². The zero-order valence-electron chi connectivity index (χ0n) is 14.3. The SMILES string of the molecule is COc1ccc(N2CCC(NCC(C)(O)C(C)C)CC2)cc1. The molecule has 4 nitrogen and oxygen atoms in total. The number of rotatable bonds is 6. The van der Waals surface area contributed by atoms with Gasteiger partial charge in [-0.3, -0.25) is 0 Å². The van der Waals surface area contributed by atoms with E-state index in [0.717, 1.165) is 31.7 Å². The van der Waals surface area contributed by atoms with Crippen LogP contribution < -0.4 is 15.0 Å². The van der Waals surface area contributed by atoms with Crippen LogP contribution in [-0.4, -0.2) is 43.5 Å². The zero-order valence-corrected chi connectivity index (χ0v) is 14.3. The molecule has 1 fully saturated rings. The second kappa shape index (κ2) is 7.34. The lowest BCUT2D eigenvalue weighted by Gasteiger charge is -2.36. The van der Waals surface area contributed by atoms with Gasteiger partial charge in [0.05, 0.1) is 12.7 Å². The van der Waals surface area contributed by atoms with Gasteiger partial charge in [0.2, 0.25) is 0 Å². The number of aliphatic hydroxyl groups is 1. The van der Waals surface area contributed by atoms with Crippen molar-refractivity contribution >= 4 is 5.69 Å². The van der Waals surface area contributed by atoms with Gasteiger partial charge in [0, 0.05) is 31.4 Å². The molecule has 1 unspecified atom stereocenters. The molecule has 1 saturated heterocycles. The molecule has 0 aromatic heterocycles. The number of nitrogens with one attached hydrogen (secondary N) is 1. The first-order chi connectivity index (χ1) is 10.4. The van der Waals surface area contributed by atoms with Crippen molar-refractivity contribution < 1.29 is 9.84 Å². The topological polar surface area (TPSA) is 44.7 Å². The number of benzene rings is 1. The van der Waals surface area contributed by atoms with E-state index >= 15 is 0 Å². The molecule has 0 spiro atoms. The average molecular weight is 306 g/mol. The van der Waals surface area contributed by atoms with Gasteiger partial charge in [0.1, 0.15) is 5.75 Å². The molecule has 0 radical (unpaired) electrons. The molecule has 1 aliphatic heterocycles. The van der Waals surface area contributed by atoms with Crippen LogP contribution in [0.1, 0.15) is 33.6 Å². The molecule has 1 atom stereocenters. The smallest absolute Gasteiger partial charge is 0.119 e. The van der Waals surface area contributed by atoms with Gasteiger partial charge < -0.3 is 20.1 Å². The highest BCUT2D eigenvalue weighted by molar-refractivity contribution is 5.49. The Morgan fingerprint density at radius 1 is 1.27 bits per heavy atom. The van der Waals surface area contributed by atoms with Crippen molar-refractivity contribution in [1.29, 1.82) is 0 Å². The van der Waals surface area contributed by atoms with E-state index in [9.17, 15) is 5.11 Å². The summed E-state index contributed by atoms with van der Waals surface area (Å²) in [6.07, 6.45) is 2.22. The molecular formula is C18H30N2O2. The first-order valence-electron chi connectivity index (χ1n) is 8.27. The maximum atomic E-state index is 10.3.